The first-order valence-electron chi connectivity index (χ1n) is 26.7. The molecule has 0 radical (unpaired) electrons. The van der Waals surface area contributed by atoms with Crippen molar-refractivity contribution >= 4 is 5.91 Å². The summed E-state index contributed by atoms with van der Waals surface area (Å²) in [5.41, 5.74) is 0. The van der Waals surface area contributed by atoms with Gasteiger partial charge in [0.05, 0.1) is 25.4 Å². The third-order valence-corrected chi connectivity index (χ3v) is 13.0. The van der Waals surface area contributed by atoms with E-state index in [-0.39, 0.29) is 6.42 Å². The minimum Gasteiger partial charge on any atom is -0.394 e. The number of allylic oxidation sites excluding steroid dienone is 4. The van der Waals surface area contributed by atoms with E-state index in [0.29, 0.717) is 19.3 Å². The molecule has 1 saturated heterocycles. The molecular weight excluding hydrogens is 811 g/mol. The number of aliphatic hydroxyl groups excluding tert-OH is 7. The van der Waals surface area contributed by atoms with E-state index in [0.717, 1.165) is 51.4 Å². The molecule has 0 aromatic heterocycles. The topological polar surface area (TPSA) is 189 Å². The molecule has 9 atom stereocenters. The van der Waals surface area contributed by atoms with Gasteiger partial charge in [-0.25, -0.2) is 0 Å². The number of nitrogens with one attached hydrogen (secondary N) is 1. The zero-order valence-corrected chi connectivity index (χ0v) is 41.0. The highest BCUT2D eigenvalue weighted by Crippen LogP contribution is 2.23. The van der Waals surface area contributed by atoms with Gasteiger partial charge in [0.25, 0.3) is 0 Å². The summed E-state index contributed by atoms with van der Waals surface area (Å²) >= 11 is 0. The quantitative estimate of drug-likeness (QED) is 0.0216. The largest absolute Gasteiger partial charge is 0.394 e. The first kappa shape index (κ1) is 60.6. The predicted octanol–water partition coefficient (Wildman–Crippen LogP) is 10.2. The Kier molecular flexibility index (Phi) is 40.6. The van der Waals surface area contributed by atoms with Gasteiger partial charge in [0.2, 0.25) is 5.91 Å². The van der Waals surface area contributed by atoms with Crippen LogP contribution in [0, 0.1) is 0 Å². The maximum Gasteiger partial charge on any atom is 0.249 e. The Bertz CT molecular complexity index is 1090. The fourth-order valence-electron chi connectivity index (χ4n) is 8.59. The lowest BCUT2D eigenvalue weighted by Crippen LogP contribution is -2.60. The number of hydrogen-bond acceptors (Lipinski definition) is 10. The van der Waals surface area contributed by atoms with Crippen molar-refractivity contribution in [3.8, 4) is 0 Å². The number of ether oxygens (including phenoxy) is 2. The Labute approximate surface area is 391 Å². The molecule has 9 unspecified atom stereocenters. The highest BCUT2D eigenvalue weighted by atomic mass is 16.7. The van der Waals surface area contributed by atoms with Crippen molar-refractivity contribution in [3.63, 3.8) is 0 Å². The summed E-state index contributed by atoms with van der Waals surface area (Å²) in [5.74, 6) is -0.699. The van der Waals surface area contributed by atoms with Crippen molar-refractivity contribution in [2.75, 3.05) is 13.2 Å². The van der Waals surface area contributed by atoms with Gasteiger partial charge in [-0.1, -0.05) is 218 Å². The lowest BCUT2D eigenvalue weighted by Gasteiger charge is -2.40. The van der Waals surface area contributed by atoms with E-state index in [1.54, 1.807) is 0 Å². The first-order chi connectivity index (χ1) is 31.2. The average molecular weight is 912 g/mol. The van der Waals surface area contributed by atoms with Crippen molar-refractivity contribution in [1.82, 2.24) is 5.32 Å². The van der Waals surface area contributed by atoms with Crippen molar-refractivity contribution in [2.45, 2.75) is 294 Å². The lowest BCUT2D eigenvalue weighted by molar-refractivity contribution is -0.303. The van der Waals surface area contributed by atoms with E-state index in [2.05, 4.69) is 43.5 Å². The van der Waals surface area contributed by atoms with Gasteiger partial charge in [-0.2, -0.15) is 0 Å². The van der Waals surface area contributed by atoms with Crippen molar-refractivity contribution in [2.24, 2.45) is 0 Å². The Balaban J connectivity index is 2.29. The van der Waals surface area contributed by atoms with Crippen LogP contribution in [0.4, 0.5) is 0 Å². The average Bonchev–Trinajstić information content (AvgIpc) is 3.29. The van der Waals surface area contributed by atoms with E-state index >= 15 is 0 Å². The van der Waals surface area contributed by atoms with Crippen LogP contribution in [-0.2, 0) is 14.3 Å². The van der Waals surface area contributed by atoms with Gasteiger partial charge in [0.1, 0.15) is 36.6 Å². The van der Waals surface area contributed by atoms with Gasteiger partial charge in [-0.05, 0) is 44.9 Å². The molecule has 1 aliphatic heterocycles. The minimum absolute atomic E-state index is 0.258. The summed E-state index contributed by atoms with van der Waals surface area (Å²) in [6.45, 7) is 3.44. The predicted molar refractivity (Wildman–Crippen MR) is 261 cm³/mol. The molecule has 0 aromatic rings. The van der Waals surface area contributed by atoms with Crippen LogP contribution in [-0.4, -0.2) is 110 Å². The number of unbranched alkanes of at least 4 members (excludes halogenated alkanes) is 29. The van der Waals surface area contributed by atoms with Crippen LogP contribution in [0.1, 0.15) is 239 Å². The third-order valence-electron chi connectivity index (χ3n) is 13.0. The van der Waals surface area contributed by atoms with Crippen LogP contribution in [0.25, 0.3) is 0 Å². The summed E-state index contributed by atoms with van der Waals surface area (Å²) in [6, 6.07) is -1.17. The smallest absolute Gasteiger partial charge is 0.249 e. The zero-order chi connectivity index (χ0) is 46.9. The highest BCUT2D eigenvalue weighted by Gasteiger charge is 2.44. The zero-order valence-electron chi connectivity index (χ0n) is 41.0. The Morgan fingerprint density at radius 1 is 0.547 bits per heavy atom. The van der Waals surface area contributed by atoms with E-state index in [1.165, 1.54) is 148 Å². The Morgan fingerprint density at radius 3 is 1.39 bits per heavy atom. The van der Waals surface area contributed by atoms with Gasteiger partial charge in [-0.3, -0.25) is 4.79 Å². The molecule has 1 amide bonds. The molecule has 1 heterocycles. The maximum absolute atomic E-state index is 13.1. The number of carbonyl (C=O) groups excluding carboxylic acids is 1. The molecule has 1 aliphatic rings. The molecule has 0 spiro atoms. The van der Waals surface area contributed by atoms with E-state index < -0.39 is 74.2 Å². The summed E-state index contributed by atoms with van der Waals surface area (Å²) in [7, 11) is 0. The number of rotatable bonds is 45. The second-order valence-corrected chi connectivity index (χ2v) is 19.0. The van der Waals surface area contributed by atoms with Gasteiger partial charge in [0.15, 0.2) is 6.29 Å². The molecule has 1 rings (SSSR count). The summed E-state index contributed by atoms with van der Waals surface area (Å²) in [5, 5.41) is 75.8. The van der Waals surface area contributed by atoms with Gasteiger partial charge in [0, 0.05) is 0 Å². The number of aliphatic hydroxyl groups is 7. The van der Waals surface area contributed by atoms with Gasteiger partial charge in [-0.15, -0.1) is 0 Å². The van der Waals surface area contributed by atoms with Crippen LogP contribution >= 0.6 is 0 Å². The first-order valence-corrected chi connectivity index (χ1v) is 26.7. The van der Waals surface area contributed by atoms with Crippen LogP contribution in [0.3, 0.4) is 0 Å². The number of carbonyl (C=O) groups is 1. The van der Waals surface area contributed by atoms with Gasteiger partial charge < -0.3 is 50.5 Å². The minimum atomic E-state index is -1.66. The van der Waals surface area contributed by atoms with Crippen LogP contribution < -0.4 is 5.32 Å². The third kappa shape index (κ3) is 31.5. The fourth-order valence-corrected chi connectivity index (χ4v) is 8.59. The second kappa shape index (κ2) is 42.9. The molecule has 0 aromatic carbocycles. The van der Waals surface area contributed by atoms with Crippen LogP contribution in [0.15, 0.2) is 24.3 Å². The van der Waals surface area contributed by atoms with E-state index in [4.69, 9.17) is 9.47 Å². The number of hydrogen-bond donors (Lipinski definition) is 8. The number of amides is 1. The van der Waals surface area contributed by atoms with Gasteiger partial charge >= 0.3 is 0 Å². The molecule has 0 bridgehead atoms. The summed E-state index contributed by atoms with van der Waals surface area (Å²) < 4.78 is 11.1. The summed E-state index contributed by atoms with van der Waals surface area (Å²) in [4.78, 5) is 13.1. The molecule has 8 N–H and O–H groups in total. The fraction of sp³-hybridized carbons (Fsp3) is 0.906. The van der Waals surface area contributed by atoms with Crippen molar-refractivity contribution < 1.29 is 50.0 Å². The summed E-state index contributed by atoms with van der Waals surface area (Å²) in [6.07, 6.45) is 38.1. The highest BCUT2D eigenvalue weighted by molar-refractivity contribution is 5.80. The normalized spacial score (nSPS) is 21.2. The van der Waals surface area contributed by atoms with E-state index in [1.807, 2.05) is 0 Å². The molecule has 378 valence electrons. The second-order valence-electron chi connectivity index (χ2n) is 19.0. The molecule has 11 heteroatoms. The molecule has 1 fully saturated rings. The van der Waals surface area contributed by atoms with E-state index in [9.17, 15) is 40.5 Å². The van der Waals surface area contributed by atoms with Crippen LogP contribution in [0.2, 0.25) is 0 Å². The molecule has 0 saturated carbocycles. The molecular formula is C53H101NO10. The standard InChI is InChI=1S/C53H101NO10/c1-3-5-7-9-11-13-15-16-17-18-19-20-21-22-23-24-25-26-27-28-29-31-33-35-37-39-41-46(57)52(62)54-44(43-63-53-51(61)50(60)49(59)47(42-55)64-53)48(58)45(56)40-38-36-34-32-30-14-12-10-8-6-4-2/h19-20,22-23,44-51,53,55-61H,3-18,21,24-43H2,1-2H3,(H,54,62)/b20-19-,23-22-. The van der Waals surface area contributed by atoms with Crippen molar-refractivity contribution in [3.05, 3.63) is 24.3 Å². The Morgan fingerprint density at radius 2 is 0.953 bits per heavy atom. The SMILES string of the molecule is CCCCCCCCCCC/C=C\C/C=C\CCCCCCCCCCCCC(O)C(=O)NC(COC1OC(CO)C(O)C(O)C1O)C(O)C(O)CCCCCCCCCCCCC. The van der Waals surface area contributed by atoms with Crippen LogP contribution in [0.5, 0.6) is 0 Å². The monoisotopic (exact) mass is 912 g/mol. The Hall–Kier alpha value is -1.41. The molecule has 0 aliphatic carbocycles. The molecule has 11 nitrogen and oxygen atoms in total. The molecule has 64 heavy (non-hydrogen) atoms. The van der Waals surface area contributed by atoms with Crippen molar-refractivity contribution in [1.29, 1.82) is 0 Å². The lowest BCUT2D eigenvalue weighted by atomic mass is 9.98. The maximum atomic E-state index is 13.1.